The van der Waals surface area contributed by atoms with Gasteiger partial charge < -0.3 is 4.90 Å². The van der Waals surface area contributed by atoms with Gasteiger partial charge in [0, 0.05) is 7.05 Å². The van der Waals surface area contributed by atoms with Crippen molar-refractivity contribution in [1.82, 2.24) is 4.90 Å². The Labute approximate surface area is 95.8 Å². The number of nitrogens with zero attached hydrogens (tertiary/aromatic N) is 2. The molecule has 1 aromatic carbocycles. The molecule has 16 heavy (non-hydrogen) atoms. The lowest BCUT2D eigenvalue weighted by molar-refractivity contribution is 0.456. The van der Waals surface area contributed by atoms with Gasteiger partial charge in [-0.25, -0.2) is 0 Å². The molecule has 1 aromatic rings. The third-order valence-electron chi connectivity index (χ3n) is 2.41. The van der Waals surface area contributed by atoms with E-state index >= 15 is 0 Å². The van der Waals surface area contributed by atoms with Gasteiger partial charge in [-0.05, 0) is 24.4 Å². The van der Waals surface area contributed by atoms with Gasteiger partial charge in [-0.2, -0.15) is 5.10 Å². The molecule has 2 rings (SSSR count). The first-order valence-electron chi connectivity index (χ1n) is 5.27. The third-order valence-corrected chi connectivity index (χ3v) is 2.41. The Morgan fingerprint density at radius 2 is 2.06 bits per heavy atom. The summed E-state index contributed by atoms with van der Waals surface area (Å²) in [6, 6.07) is 10.1. The topological polar surface area (TPSA) is 27.6 Å². The molecule has 0 spiro atoms. The Balaban J connectivity index is 1.90. The Morgan fingerprint density at radius 3 is 2.81 bits per heavy atom. The second kappa shape index (κ2) is 5.16. The summed E-state index contributed by atoms with van der Waals surface area (Å²) >= 11 is 0. The van der Waals surface area contributed by atoms with Crippen molar-refractivity contribution in [2.45, 2.75) is 6.04 Å². The molecular weight excluding hydrogens is 198 g/mol. The van der Waals surface area contributed by atoms with Gasteiger partial charge in [0.05, 0.1) is 17.9 Å². The number of para-hydroxylation sites is 1. The molecule has 0 aromatic heterocycles. The van der Waals surface area contributed by atoms with Crippen LogP contribution >= 0.6 is 0 Å². The maximum Gasteiger partial charge on any atom is 0.0840 e. The van der Waals surface area contributed by atoms with Gasteiger partial charge in [0.25, 0.3) is 0 Å². The van der Waals surface area contributed by atoms with E-state index in [0.717, 1.165) is 5.69 Å². The van der Waals surface area contributed by atoms with Gasteiger partial charge in [0.15, 0.2) is 0 Å². The Kier molecular flexibility index (Phi) is 3.38. The van der Waals surface area contributed by atoms with Crippen LogP contribution in [-0.4, -0.2) is 24.2 Å². The molecule has 3 nitrogen and oxygen atoms in total. The smallest absolute Gasteiger partial charge is 0.0840 e. The van der Waals surface area contributed by atoms with Crippen LogP contribution in [0.5, 0.6) is 0 Å². The van der Waals surface area contributed by atoms with E-state index in [2.05, 4.69) is 21.5 Å². The second-order valence-corrected chi connectivity index (χ2v) is 3.64. The van der Waals surface area contributed by atoms with E-state index in [9.17, 15) is 0 Å². The number of hydrogen-bond donors (Lipinski definition) is 1. The van der Waals surface area contributed by atoms with Gasteiger partial charge >= 0.3 is 0 Å². The molecule has 1 atom stereocenters. The second-order valence-electron chi connectivity index (χ2n) is 3.64. The standard InChI is InChI=1S/C13H15N3/c1-16-10-6-5-9-13(16)11-14-15-12-7-3-2-4-8-12/h2-11,13,15H,1H3/b14-11+. The van der Waals surface area contributed by atoms with Crippen molar-refractivity contribution >= 4 is 11.9 Å². The van der Waals surface area contributed by atoms with E-state index in [1.807, 2.05) is 61.9 Å². The van der Waals surface area contributed by atoms with Crippen molar-refractivity contribution in [2.24, 2.45) is 5.10 Å². The monoisotopic (exact) mass is 213 g/mol. The molecule has 1 N–H and O–H groups in total. The van der Waals surface area contributed by atoms with E-state index in [0.29, 0.717) is 0 Å². The molecule has 0 bridgehead atoms. The molecule has 0 aliphatic carbocycles. The van der Waals surface area contributed by atoms with Gasteiger partial charge in [-0.1, -0.05) is 30.4 Å². The van der Waals surface area contributed by atoms with Crippen LogP contribution in [0.1, 0.15) is 0 Å². The lowest BCUT2D eigenvalue weighted by Crippen LogP contribution is -2.28. The lowest BCUT2D eigenvalue weighted by atomic mass is 10.2. The molecule has 1 aliphatic rings. The SMILES string of the molecule is CN1C=CC=CC1/C=N/Nc1ccccc1. The van der Waals surface area contributed by atoms with Crippen LogP contribution in [0.15, 0.2) is 59.9 Å². The number of nitrogens with one attached hydrogen (secondary N) is 1. The van der Waals surface area contributed by atoms with Gasteiger partial charge in [0.2, 0.25) is 0 Å². The first kappa shape index (κ1) is 10.5. The van der Waals surface area contributed by atoms with Gasteiger partial charge in [0.1, 0.15) is 0 Å². The molecule has 82 valence electrons. The predicted molar refractivity (Wildman–Crippen MR) is 68.4 cm³/mol. The Hall–Kier alpha value is -2.03. The van der Waals surface area contributed by atoms with Crippen LogP contribution in [0.25, 0.3) is 0 Å². The average Bonchev–Trinajstić information content (AvgIpc) is 2.33. The zero-order valence-electron chi connectivity index (χ0n) is 9.25. The van der Waals surface area contributed by atoms with Crippen molar-refractivity contribution in [3.05, 3.63) is 54.8 Å². The summed E-state index contributed by atoms with van der Waals surface area (Å²) in [5.74, 6) is 0. The van der Waals surface area contributed by atoms with Crippen LogP contribution in [0, 0.1) is 0 Å². The third kappa shape index (κ3) is 2.73. The van der Waals surface area contributed by atoms with Gasteiger partial charge in [-0.3, -0.25) is 5.43 Å². The fourth-order valence-electron chi connectivity index (χ4n) is 1.45. The zero-order valence-corrected chi connectivity index (χ0v) is 9.25. The molecular formula is C13H15N3. The van der Waals surface area contributed by atoms with Crippen LogP contribution < -0.4 is 5.43 Å². The lowest BCUT2D eigenvalue weighted by Gasteiger charge is -2.22. The van der Waals surface area contributed by atoms with E-state index in [1.54, 1.807) is 0 Å². The van der Waals surface area contributed by atoms with Crippen molar-refractivity contribution < 1.29 is 0 Å². The highest BCUT2D eigenvalue weighted by Crippen LogP contribution is 2.06. The van der Waals surface area contributed by atoms with Crippen molar-refractivity contribution in [1.29, 1.82) is 0 Å². The summed E-state index contributed by atoms with van der Waals surface area (Å²) in [6.45, 7) is 0. The highest BCUT2D eigenvalue weighted by atomic mass is 15.3. The number of benzene rings is 1. The number of hydrogen-bond acceptors (Lipinski definition) is 3. The van der Waals surface area contributed by atoms with Crippen LogP contribution in [0.3, 0.4) is 0 Å². The number of allylic oxidation sites excluding steroid dienone is 2. The Bertz CT molecular complexity index is 406. The normalized spacial score (nSPS) is 19.3. The van der Waals surface area contributed by atoms with E-state index < -0.39 is 0 Å². The molecule has 1 aliphatic heterocycles. The van der Waals surface area contributed by atoms with E-state index in [1.165, 1.54) is 0 Å². The minimum atomic E-state index is 0.223. The number of anilines is 1. The number of rotatable bonds is 3. The molecule has 1 unspecified atom stereocenters. The fraction of sp³-hybridized carbons (Fsp3) is 0.154. The van der Waals surface area contributed by atoms with Crippen LogP contribution in [-0.2, 0) is 0 Å². The minimum absolute atomic E-state index is 0.223. The maximum atomic E-state index is 4.21. The van der Waals surface area contributed by atoms with Crippen LogP contribution in [0.4, 0.5) is 5.69 Å². The molecule has 0 radical (unpaired) electrons. The highest BCUT2D eigenvalue weighted by Gasteiger charge is 2.06. The van der Waals surface area contributed by atoms with Crippen molar-refractivity contribution in [3.63, 3.8) is 0 Å². The minimum Gasteiger partial charge on any atom is -0.369 e. The van der Waals surface area contributed by atoms with E-state index in [-0.39, 0.29) is 6.04 Å². The largest absolute Gasteiger partial charge is 0.369 e. The van der Waals surface area contributed by atoms with Gasteiger partial charge in [-0.15, -0.1) is 0 Å². The fourth-order valence-corrected chi connectivity index (χ4v) is 1.45. The summed E-state index contributed by atoms with van der Waals surface area (Å²) in [4.78, 5) is 2.09. The molecule has 0 saturated carbocycles. The highest BCUT2D eigenvalue weighted by molar-refractivity contribution is 5.69. The van der Waals surface area contributed by atoms with Crippen LogP contribution in [0.2, 0.25) is 0 Å². The number of likely N-dealkylation sites (N-methyl/N-ethyl adjacent to an activating group) is 1. The number of hydrazone groups is 1. The summed E-state index contributed by atoms with van der Waals surface area (Å²) in [6.07, 6.45) is 10.0. The molecule has 3 heteroatoms. The Morgan fingerprint density at radius 1 is 1.25 bits per heavy atom. The summed E-state index contributed by atoms with van der Waals surface area (Å²) < 4.78 is 0. The maximum absolute atomic E-state index is 4.21. The predicted octanol–water partition coefficient (Wildman–Crippen LogP) is 2.47. The average molecular weight is 213 g/mol. The van der Waals surface area contributed by atoms with Crippen molar-refractivity contribution in [2.75, 3.05) is 12.5 Å². The molecule has 0 fully saturated rings. The quantitative estimate of drug-likeness (QED) is 0.617. The summed E-state index contributed by atoms with van der Waals surface area (Å²) in [5, 5.41) is 4.21. The zero-order chi connectivity index (χ0) is 11.2. The summed E-state index contributed by atoms with van der Waals surface area (Å²) in [5.41, 5.74) is 3.99. The first-order chi connectivity index (χ1) is 7.86. The molecule has 0 saturated heterocycles. The summed E-state index contributed by atoms with van der Waals surface area (Å²) in [7, 11) is 2.03. The van der Waals surface area contributed by atoms with E-state index in [4.69, 9.17) is 0 Å². The molecule has 0 amide bonds. The molecule has 1 heterocycles. The van der Waals surface area contributed by atoms with Crippen molar-refractivity contribution in [3.8, 4) is 0 Å². The first-order valence-corrected chi connectivity index (χ1v) is 5.27.